The van der Waals surface area contributed by atoms with Crippen molar-refractivity contribution >= 4 is 12.0 Å². The van der Waals surface area contributed by atoms with Crippen LogP contribution in [0.2, 0.25) is 0 Å². The van der Waals surface area contributed by atoms with Gasteiger partial charge in [0, 0.05) is 19.1 Å². The molecule has 2 fully saturated rings. The number of hydrogen-bond acceptors (Lipinski definition) is 2. The fourth-order valence-electron chi connectivity index (χ4n) is 3.41. The topological polar surface area (TPSA) is 69.6 Å². The maximum absolute atomic E-state index is 12.0. The van der Waals surface area contributed by atoms with Crippen molar-refractivity contribution in [3.05, 3.63) is 35.9 Å². The van der Waals surface area contributed by atoms with Crippen molar-refractivity contribution in [1.29, 1.82) is 0 Å². The normalized spacial score (nSPS) is 24.8. The molecule has 2 amide bonds. The average Bonchev–Trinajstić information content (AvgIpc) is 2.84. The van der Waals surface area contributed by atoms with Crippen molar-refractivity contribution in [2.24, 2.45) is 11.8 Å². The Kier molecular flexibility index (Phi) is 4.32. The van der Waals surface area contributed by atoms with Gasteiger partial charge in [-0.3, -0.25) is 4.79 Å². The molecule has 2 N–H and O–H groups in total. The van der Waals surface area contributed by atoms with Gasteiger partial charge in [-0.1, -0.05) is 30.3 Å². The maximum Gasteiger partial charge on any atom is 0.317 e. The Morgan fingerprint density at radius 1 is 1.18 bits per heavy atom. The number of amides is 2. The van der Waals surface area contributed by atoms with E-state index in [4.69, 9.17) is 5.11 Å². The summed E-state index contributed by atoms with van der Waals surface area (Å²) < 4.78 is 0. The maximum atomic E-state index is 12.0. The standard InChI is InChI=1S/C17H22N2O3/c20-16(21)14-10-19(11-14)17(22)18-15-7-6-13(9-15)8-12-4-2-1-3-5-12/h1-5,13-15H,6-11H2,(H,18,22)(H,20,21). The zero-order valence-corrected chi connectivity index (χ0v) is 12.6. The van der Waals surface area contributed by atoms with Gasteiger partial charge in [-0.05, 0) is 37.2 Å². The summed E-state index contributed by atoms with van der Waals surface area (Å²) in [5.41, 5.74) is 1.35. The number of urea groups is 1. The molecule has 5 nitrogen and oxygen atoms in total. The molecular weight excluding hydrogens is 280 g/mol. The van der Waals surface area contributed by atoms with E-state index < -0.39 is 5.97 Å². The highest BCUT2D eigenvalue weighted by Crippen LogP contribution is 2.29. The van der Waals surface area contributed by atoms with E-state index in [9.17, 15) is 9.59 Å². The zero-order chi connectivity index (χ0) is 15.5. The Balaban J connectivity index is 1.42. The van der Waals surface area contributed by atoms with E-state index in [1.54, 1.807) is 4.90 Å². The molecule has 1 aliphatic carbocycles. The van der Waals surface area contributed by atoms with Crippen LogP contribution < -0.4 is 5.32 Å². The van der Waals surface area contributed by atoms with Gasteiger partial charge >= 0.3 is 12.0 Å². The lowest BCUT2D eigenvalue weighted by atomic mass is 9.98. The third-order valence-electron chi connectivity index (χ3n) is 4.75. The summed E-state index contributed by atoms with van der Waals surface area (Å²) in [6.07, 6.45) is 4.23. The molecule has 2 unspecified atom stereocenters. The molecule has 1 heterocycles. The molecule has 3 rings (SSSR count). The Morgan fingerprint density at radius 3 is 2.59 bits per heavy atom. The second kappa shape index (κ2) is 6.38. The van der Waals surface area contributed by atoms with Crippen LogP contribution in [0.5, 0.6) is 0 Å². The number of rotatable bonds is 4. The molecule has 1 saturated heterocycles. The minimum atomic E-state index is -0.812. The molecule has 2 atom stereocenters. The molecule has 2 aliphatic rings. The highest BCUT2D eigenvalue weighted by atomic mass is 16.4. The molecule has 1 aromatic carbocycles. The molecule has 5 heteroatoms. The van der Waals surface area contributed by atoms with E-state index in [0.717, 1.165) is 25.7 Å². The van der Waals surface area contributed by atoms with Crippen molar-refractivity contribution in [3.8, 4) is 0 Å². The van der Waals surface area contributed by atoms with Gasteiger partial charge in [-0.25, -0.2) is 4.79 Å². The van der Waals surface area contributed by atoms with Crippen molar-refractivity contribution in [3.63, 3.8) is 0 Å². The van der Waals surface area contributed by atoms with E-state index >= 15 is 0 Å². The van der Waals surface area contributed by atoms with Gasteiger partial charge in [0.05, 0.1) is 5.92 Å². The van der Waals surface area contributed by atoms with Crippen LogP contribution in [-0.2, 0) is 11.2 Å². The first-order valence-electron chi connectivity index (χ1n) is 7.94. The van der Waals surface area contributed by atoms with Crippen molar-refractivity contribution in [1.82, 2.24) is 10.2 Å². The largest absolute Gasteiger partial charge is 0.481 e. The number of benzene rings is 1. The summed E-state index contributed by atoms with van der Waals surface area (Å²) in [6.45, 7) is 0.669. The van der Waals surface area contributed by atoms with E-state index in [1.807, 2.05) is 6.07 Å². The molecule has 0 spiro atoms. The van der Waals surface area contributed by atoms with Gasteiger partial charge in [0.15, 0.2) is 0 Å². The number of carbonyl (C=O) groups is 2. The minimum absolute atomic E-state index is 0.108. The zero-order valence-electron chi connectivity index (χ0n) is 12.6. The first-order valence-corrected chi connectivity index (χ1v) is 7.94. The molecule has 22 heavy (non-hydrogen) atoms. The molecule has 0 radical (unpaired) electrons. The Labute approximate surface area is 130 Å². The predicted molar refractivity (Wildman–Crippen MR) is 82.5 cm³/mol. The Morgan fingerprint density at radius 2 is 1.91 bits per heavy atom. The number of aliphatic carboxylic acids is 1. The number of hydrogen-bond donors (Lipinski definition) is 2. The van der Waals surface area contributed by atoms with Crippen LogP contribution in [0.1, 0.15) is 24.8 Å². The summed E-state index contributed by atoms with van der Waals surface area (Å²) in [6, 6.07) is 10.6. The van der Waals surface area contributed by atoms with Gasteiger partial charge in [-0.15, -0.1) is 0 Å². The average molecular weight is 302 g/mol. The fourth-order valence-corrected chi connectivity index (χ4v) is 3.41. The van der Waals surface area contributed by atoms with Crippen LogP contribution in [0.15, 0.2) is 30.3 Å². The van der Waals surface area contributed by atoms with Crippen molar-refractivity contribution in [2.45, 2.75) is 31.7 Å². The van der Waals surface area contributed by atoms with Gasteiger partial charge in [0.1, 0.15) is 0 Å². The van der Waals surface area contributed by atoms with E-state index in [1.165, 1.54) is 5.56 Å². The summed E-state index contributed by atoms with van der Waals surface area (Å²) in [4.78, 5) is 24.4. The van der Waals surface area contributed by atoms with Crippen LogP contribution in [0.3, 0.4) is 0 Å². The number of nitrogens with one attached hydrogen (secondary N) is 1. The third-order valence-corrected chi connectivity index (χ3v) is 4.75. The molecule has 0 aromatic heterocycles. The summed E-state index contributed by atoms with van der Waals surface area (Å²) in [7, 11) is 0. The molecule has 0 bridgehead atoms. The van der Waals surface area contributed by atoms with Gasteiger partial charge < -0.3 is 15.3 Å². The molecule has 1 aromatic rings. The van der Waals surface area contributed by atoms with Crippen molar-refractivity contribution in [2.75, 3.05) is 13.1 Å². The Hall–Kier alpha value is -2.04. The number of nitrogens with zero attached hydrogens (tertiary/aromatic N) is 1. The molecule has 1 saturated carbocycles. The van der Waals surface area contributed by atoms with E-state index in [-0.39, 0.29) is 18.0 Å². The van der Waals surface area contributed by atoms with Crippen LogP contribution in [0.4, 0.5) is 4.79 Å². The van der Waals surface area contributed by atoms with E-state index in [0.29, 0.717) is 19.0 Å². The lowest BCUT2D eigenvalue weighted by Gasteiger charge is -2.37. The molecular formula is C17H22N2O3. The summed E-state index contributed by atoms with van der Waals surface area (Å²) >= 11 is 0. The first kappa shape index (κ1) is 14.9. The fraction of sp³-hybridized carbons (Fsp3) is 0.529. The number of carbonyl (C=O) groups excluding carboxylic acids is 1. The molecule has 1 aliphatic heterocycles. The highest BCUT2D eigenvalue weighted by Gasteiger charge is 2.37. The van der Waals surface area contributed by atoms with Crippen LogP contribution in [0, 0.1) is 11.8 Å². The second-order valence-corrected chi connectivity index (χ2v) is 6.46. The smallest absolute Gasteiger partial charge is 0.317 e. The van der Waals surface area contributed by atoms with Crippen LogP contribution >= 0.6 is 0 Å². The highest BCUT2D eigenvalue weighted by molar-refractivity contribution is 5.79. The number of carboxylic acids is 1. The number of likely N-dealkylation sites (tertiary alicyclic amines) is 1. The summed E-state index contributed by atoms with van der Waals surface area (Å²) in [5, 5.41) is 11.9. The second-order valence-electron chi connectivity index (χ2n) is 6.46. The molecule has 118 valence electrons. The van der Waals surface area contributed by atoms with Gasteiger partial charge in [0.25, 0.3) is 0 Å². The minimum Gasteiger partial charge on any atom is -0.481 e. The summed E-state index contributed by atoms with van der Waals surface area (Å²) in [5.74, 6) is -0.580. The third kappa shape index (κ3) is 3.40. The Bertz CT molecular complexity index is 540. The SMILES string of the molecule is O=C(O)C1CN(C(=O)NC2CCC(Cc3ccccc3)C2)C1. The van der Waals surface area contributed by atoms with E-state index in [2.05, 4.69) is 29.6 Å². The lowest BCUT2D eigenvalue weighted by Crippen LogP contribution is -2.57. The lowest BCUT2D eigenvalue weighted by molar-refractivity contribution is -0.146. The monoisotopic (exact) mass is 302 g/mol. The predicted octanol–water partition coefficient (Wildman–Crippen LogP) is 2.12. The van der Waals surface area contributed by atoms with Crippen LogP contribution in [-0.4, -0.2) is 41.1 Å². The van der Waals surface area contributed by atoms with Crippen LogP contribution in [0.25, 0.3) is 0 Å². The number of carboxylic acid groups (broad SMARTS) is 1. The van der Waals surface area contributed by atoms with Gasteiger partial charge in [-0.2, -0.15) is 0 Å². The van der Waals surface area contributed by atoms with Crippen molar-refractivity contribution < 1.29 is 14.7 Å². The first-order chi connectivity index (χ1) is 10.6. The quantitative estimate of drug-likeness (QED) is 0.895. The van der Waals surface area contributed by atoms with Gasteiger partial charge in [0.2, 0.25) is 0 Å².